The van der Waals surface area contributed by atoms with Crippen molar-refractivity contribution in [2.45, 2.75) is 270 Å². The van der Waals surface area contributed by atoms with Crippen LogP contribution in [0.4, 0.5) is 0 Å². The molecule has 2 rings (SSSR count). The Morgan fingerprint density at radius 1 is 0.542 bits per heavy atom. The highest BCUT2D eigenvalue weighted by atomic mass is 32.1. The van der Waals surface area contributed by atoms with Crippen molar-refractivity contribution in [3.8, 4) is 0 Å². The first-order valence-corrected chi connectivity index (χ1v) is 26.3. The highest BCUT2D eigenvalue weighted by Gasteiger charge is 2.23. The quantitative estimate of drug-likeness (QED) is 0.0404. The van der Waals surface area contributed by atoms with Crippen molar-refractivity contribution in [1.29, 1.82) is 0 Å². The molecule has 0 radical (unpaired) electrons. The van der Waals surface area contributed by atoms with Gasteiger partial charge >= 0.3 is 0 Å². The zero-order valence-corrected chi connectivity index (χ0v) is 42.0. The summed E-state index contributed by atoms with van der Waals surface area (Å²) in [5, 5.41) is -0.0725. The first kappa shape index (κ1) is 58.1. The Labute approximate surface area is 380 Å². The molecule has 344 valence electrons. The van der Waals surface area contributed by atoms with Gasteiger partial charge in [0.15, 0.2) is 10.2 Å². The Balaban J connectivity index is 0.000000859. The Morgan fingerprint density at radius 3 is 1.12 bits per heavy atom. The number of hydrogen-bond acceptors (Lipinski definition) is 6. The van der Waals surface area contributed by atoms with Crippen LogP contribution in [0.5, 0.6) is 0 Å². The summed E-state index contributed by atoms with van der Waals surface area (Å²) in [6.07, 6.45) is 45.4. The number of fused-ring (bicyclic) bond motifs is 1. The predicted octanol–water partition coefficient (Wildman–Crippen LogP) is 16.7. The van der Waals surface area contributed by atoms with Crippen molar-refractivity contribution >= 4 is 57.0 Å². The molecule has 0 saturated carbocycles. The number of carbonyl (C=O) groups is 2. The van der Waals surface area contributed by atoms with Crippen LogP contribution in [0.3, 0.4) is 0 Å². The van der Waals surface area contributed by atoms with E-state index in [0.717, 1.165) is 10.2 Å². The number of thiazole rings is 1. The Kier molecular flexibility index (Phi) is 38.1. The highest BCUT2D eigenvalue weighted by molar-refractivity contribution is 7.97. The van der Waals surface area contributed by atoms with E-state index in [1.165, 1.54) is 217 Å². The molecule has 0 fully saturated rings. The fourth-order valence-electron chi connectivity index (χ4n) is 7.40. The molecule has 8 heteroatoms. The lowest BCUT2D eigenvalue weighted by Gasteiger charge is -2.17. The fraction of sp³-hybridized carbons (Fsp3) is 0.824. The van der Waals surface area contributed by atoms with Gasteiger partial charge in [0.2, 0.25) is 0 Å². The molecule has 59 heavy (non-hydrogen) atoms. The van der Waals surface area contributed by atoms with Crippen molar-refractivity contribution in [1.82, 2.24) is 4.98 Å². The number of benzene rings is 1. The maximum absolute atomic E-state index is 11.4. The average molecular weight is 879 g/mol. The molecule has 0 bridgehead atoms. The molecule has 0 saturated heterocycles. The lowest BCUT2D eigenvalue weighted by molar-refractivity contribution is -0.116. The second-order valence-electron chi connectivity index (χ2n) is 18.9. The minimum atomic E-state index is -0.597. The van der Waals surface area contributed by atoms with Crippen LogP contribution in [0.15, 0.2) is 24.3 Å². The van der Waals surface area contributed by atoms with E-state index in [0.29, 0.717) is 5.01 Å². The Bertz CT molecular complexity index is 1180. The standard InChI is InChI=1S/2C20H43N.C11H9NO2S3/c2*1-4-5-6-7-8-9-10-11-12-13-14-15-16-17-18-19-20(2,3)21;13-9(15)5-6(11(14)16)10-12-7-3-1-2-4-8(7)17-10/h2*4-19,21H2,1-3H3;1-4,6H,5H2,(H,13,15)(H,14,16). The fourth-order valence-corrected chi connectivity index (χ4v) is 8.95. The number of nitrogens with zero attached hydrogens (tertiary/aromatic N) is 1. The number of para-hydroxylation sites is 1. The largest absolute Gasteiger partial charge is 0.326 e. The van der Waals surface area contributed by atoms with E-state index < -0.39 is 5.92 Å². The summed E-state index contributed by atoms with van der Waals surface area (Å²) < 4.78 is 0.994. The molecular weight excluding hydrogens is 783 g/mol. The first-order valence-electron chi connectivity index (χ1n) is 24.6. The van der Waals surface area contributed by atoms with E-state index in [9.17, 15) is 9.59 Å². The second kappa shape index (κ2) is 38.7. The van der Waals surface area contributed by atoms with Gasteiger partial charge in [0.25, 0.3) is 0 Å². The van der Waals surface area contributed by atoms with Crippen molar-refractivity contribution < 1.29 is 9.59 Å². The van der Waals surface area contributed by atoms with Gasteiger partial charge in [0.05, 0.1) is 16.1 Å². The van der Waals surface area contributed by atoms with Crippen molar-refractivity contribution in [2.24, 2.45) is 11.5 Å². The number of hydrogen-bond donors (Lipinski definition) is 4. The predicted molar refractivity (Wildman–Crippen MR) is 271 cm³/mol. The van der Waals surface area contributed by atoms with Crippen LogP contribution in [-0.4, -0.2) is 26.3 Å². The van der Waals surface area contributed by atoms with Gasteiger partial charge in [-0.1, -0.05) is 219 Å². The van der Waals surface area contributed by atoms with Gasteiger partial charge in [-0.15, -0.1) is 36.6 Å². The van der Waals surface area contributed by atoms with E-state index in [4.69, 9.17) is 11.5 Å². The van der Waals surface area contributed by atoms with Crippen LogP contribution in [0.2, 0.25) is 0 Å². The van der Waals surface area contributed by atoms with Gasteiger partial charge in [-0.3, -0.25) is 9.59 Å². The molecule has 0 amide bonds. The van der Waals surface area contributed by atoms with Gasteiger partial charge in [0.1, 0.15) is 5.01 Å². The molecule has 1 aromatic heterocycles. The smallest absolute Gasteiger partial charge is 0.196 e. The number of unbranched alkanes of at least 4 members (excludes halogenated alkanes) is 28. The maximum atomic E-state index is 11.4. The van der Waals surface area contributed by atoms with Crippen molar-refractivity contribution in [3.63, 3.8) is 0 Å². The molecule has 1 unspecified atom stereocenters. The summed E-state index contributed by atoms with van der Waals surface area (Å²) in [5.74, 6) is -0.597. The zero-order chi connectivity index (χ0) is 44.0. The molecule has 1 atom stereocenters. The number of carbonyl (C=O) groups excluding carboxylic acids is 2. The zero-order valence-electron chi connectivity index (χ0n) is 39.4. The SMILES string of the molecule is CCCCCCCCCCCCCCCCCC(C)(C)N.CCCCCCCCCCCCCCCCCC(C)(C)N.O=C(S)CC(C(=O)S)c1nc2ccccc2s1. The summed E-state index contributed by atoms with van der Waals surface area (Å²) in [6, 6.07) is 7.59. The van der Waals surface area contributed by atoms with Gasteiger partial charge in [0, 0.05) is 17.5 Å². The van der Waals surface area contributed by atoms with Crippen LogP contribution in [0.25, 0.3) is 10.2 Å². The molecule has 0 aliphatic rings. The number of thiol groups is 2. The van der Waals surface area contributed by atoms with Gasteiger partial charge < -0.3 is 11.5 Å². The Hall–Kier alpha value is -0.930. The summed E-state index contributed by atoms with van der Waals surface area (Å²) in [7, 11) is 0. The summed E-state index contributed by atoms with van der Waals surface area (Å²) in [6.45, 7) is 13.1. The van der Waals surface area contributed by atoms with Crippen LogP contribution >= 0.6 is 36.6 Å². The average Bonchev–Trinajstić information content (AvgIpc) is 3.60. The van der Waals surface area contributed by atoms with Gasteiger partial charge in [-0.25, -0.2) is 4.98 Å². The third-order valence-electron chi connectivity index (χ3n) is 11.1. The van der Waals surface area contributed by atoms with Gasteiger partial charge in [-0.2, -0.15) is 0 Å². The van der Waals surface area contributed by atoms with Crippen molar-refractivity contribution in [3.05, 3.63) is 29.3 Å². The number of aromatic nitrogens is 1. The normalized spacial score (nSPS) is 12.2. The van der Waals surface area contributed by atoms with Gasteiger partial charge in [-0.05, 0) is 52.7 Å². The topological polar surface area (TPSA) is 99.1 Å². The third kappa shape index (κ3) is 39.6. The van der Waals surface area contributed by atoms with E-state index in [-0.39, 0.29) is 27.7 Å². The van der Waals surface area contributed by atoms with Crippen LogP contribution in [0, 0.1) is 0 Å². The van der Waals surface area contributed by atoms with Crippen LogP contribution < -0.4 is 11.5 Å². The van der Waals surface area contributed by atoms with E-state index in [1.807, 2.05) is 24.3 Å². The second-order valence-corrected chi connectivity index (χ2v) is 20.9. The minimum absolute atomic E-state index is 0.0330. The molecule has 0 spiro atoms. The molecule has 0 aliphatic carbocycles. The molecule has 2 aromatic rings. The Morgan fingerprint density at radius 2 is 0.847 bits per heavy atom. The van der Waals surface area contributed by atoms with Crippen molar-refractivity contribution in [2.75, 3.05) is 0 Å². The summed E-state index contributed by atoms with van der Waals surface area (Å²) in [5.41, 5.74) is 12.9. The molecule has 1 heterocycles. The van der Waals surface area contributed by atoms with E-state index >= 15 is 0 Å². The lowest BCUT2D eigenvalue weighted by Crippen LogP contribution is -2.31. The lowest BCUT2D eigenvalue weighted by atomic mass is 9.97. The minimum Gasteiger partial charge on any atom is -0.326 e. The molecule has 0 aliphatic heterocycles. The number of rotatable bonds is 36. The van der Waals surface area contributed by atoms with E-state index in [1.54, 1.807) is 0 Å². The van der Waals surface area contributed by atoms with Crippen LogP contribution in [-0.2, 0) is 9.59 Å². The summed E-state index contributed by atoms with van der Waals surface area (Å²) >= 11 is 8.91. The third-order valence-corrected chi connectivity index (χ3v) is 12.8. The molecule has 4 N–H and O–H groups in total. The van der Waals surface area contributed by atoms with E-state index in [2.05, 4.69) is 71.8 Å². The van der Waals surface area contributed by atoms with Crippen LogP contribution in [0.1, 0.15) is 264 Å². The molecule has 1 aromatic carbocycles. The first-order chi connectivity index (χ1) is 28.2. The maximum Gasteiger partial charge on any atom is 0.196 e. The molecule has 5 nitrogen and oxygen atoms in total. The molecular formula is C51H95N3O2S3. The summed E-state index contributed by atoms with van der Waals surface area (Å²) in [4.78, 5) is 26.8. The monoisotopic (exact) mass is 878 g/mol. The highest BCUT2D eigenvalue weighted by Crippen LogP contribution is 2.31. The number of nitrogens with two attached hydrogens (primary N) is 2.